The molecule has 1 aromatic heterocycles. The monoisotopic (exact) mass is 425 g/mol. The van der Waals surface area contributed by atoms with Crippen LogP contribution in [0.2, 0.25) is 0 Å². The van der Waals surface area contributed by atoms with Crippen LogP contribution < -0.4 is 9.86 Å². The largest absolute Gasteiger partial charge is 0.311 e. The van der Waals surface area contributed by atoms with Crippen molar-refractivity contribution >= 4 is 37.5 Å². The van der Waals surface area contributed by atoms with E-state index in [1.54, 1.807) is 35.2 Å². The van der Waals surface area contributed by atoms with Gasteiger partial charge in [-0.15, -0.1) is 10.2 Å². The zero-order chi connectivity index (χ0) is 19.7. The smallest absolute Gasteiger partial charge is 0.261 e. The third kappa shape index (κ3) is 4.66. The number of aryl methyl sites for hydroxylation is 1. The molecule has 0 aliphatic rings. The molecule has 0 bridgehead atoms. The molecule has 0 aliphatic carbocycles. The van der Waals surface area contributed by atoms with Gasteiger partial charge in [-0.3, -0.25) is 4.72 Å². The molecule has 0 saturated carbocycles. The van der Waals surface area contributed by atoms with Crippen molar-refractivity contribution in [3.63, 3.8) is 0 Å². The van der Waals surface area contributed by atoms with E-state index < -0.39 is 20.0 Å². The summed E-state index contributed by atoms with van der Waals surface area (Å²) in [5.41, 5.74) is 0.332. The van der Waals surface area contributed by atoms with E-state index in [2.05, 4.69) is 14.9 Å². The van der Waals surface area contributed by atoms with Crippen LogP contribution in [0.1, 0.15) is 0 Å². The number of hydrogen-bond acceptors (Lipinski definition) is 7. The van der Waals surface area contributed by atoms with Crippen molar-refractivity contribution in [1.29, 1.82) is 0 Å². The number of nitrogens with one attached hydrogen (secondary N) is 1. The highest BCUT2D eigenvalue weighted by Gasteiger charge is 2.17. The average Bonchev–Trinajstić information content (AvgIpc) is 3.01. The van der Waals surface area contributed by atoms with E-state index in [-0.39, 0.29) is 9.79 Å². The summed E-state index contributed by atoms with van der Waals surface area (Å²) in [6, 6.07) is 11.5. The van der Waals surface area contributed by atoms with Crippen LogP contribution >= 0.6 is 11.8 Å². The number of sulfonamides is 2. The first-order chi connectivity index (χ1) is 12.6. The van der Waals surface area contributed by atoms with E-state index in [9.17, 15) is 16.8 Å². The van der Waals surface area contributed by atoms with Gasteiger partial charge in [-0.2, -0.15) is 0 Å². The maximum Gasteiger partial charge on any atom is 0.261 e. The quantitative estimate of drug-likeness (QED) is 0.609. The van der Waals surface area contributed by atoms with E-state index in [1.807, 2.05) is 7.05 Å². The third-order valence-electron chi connectivity index (χ3n) is 3.43. The maximum absolute atomic E-state index is 12.5. The second-order valence-corrected chi connectivity index (χ2v) is 9.76. The number of nitrogens with two attached hydrogens (primary N) is 1. The van der Waals surface area contributed by atoms with Crippen LogP contribution in [0.5, 0.6) is 0 Å². The molecule has 3 rings (SSSR count). The van der Waals surface area contributed by atoms with Crippen molar-refractivity contribution in [1.82, 2.24) is 14.8 Å². The van der Waals surface area contributed by atoms with Crippen LogP contribution in [0.4, 0.5) is 5.69 Å². The number of aromatic nitrogens is 3. The van der Waals surface area contributed by atoms with E-state index in [1.165, 1.54) is 30.0 Å². The molecule has 9 nitrogen and oxygen atoms in total. The molecule has 3 aromatic rings. The Balaban J connectivity index is 1.79. The van der Waals surface area contributed by atoms with Gasteiger partial charge in [0.25, 0.3) is 10.0 Å². The van der Waals surface area contributed by atoms with E-state index in [0.717, 1.165) is 11.0 Å². The van der Waals surface area contributed by atoms with Gasteiger partial charge in [0, 0.05) is 17.6 Å². The topological polar surface area (TPSA) is 137 Å². The number of rotatable bonds is 6. The summed E-state index contributed by atoms with van der Waals surface area (Å²) in [4.78, 5) is 0.373. The summed E-state index contributed by atoms with van der Waals surface area (Å²) in [6.07, 6.45) is 1.58. The molecule has 0 aliphatic heterocycles. The zero-order valence-corrected chi connectivity index (χ0v) is 16.4. The van der Waals surface area contributed by atoms with Crippen molar-refractivity contribution in [2.45, 2.75) is 19.8 Å². The second kappa shape index (κ2) is 7.31. The van der Waals surface area contributed by atoms with Gasteiger partial charge in [-0.05, 0) is 54.2 Å². The lowest BCUT2D eigenvalue weighted by atomic mass is 10.3. The number of hydrogen-bond donors (Lipinski definition) is 2. The number of primary sulfonamides is 1. The van der Waals surface area contributed by atoms with Gasteiger partial charge in [0.15, 0.2) is 5.16 Å². The van der Waals surface area contributed by atoms with Gasteiger partial charge in [-0.25, -0.2) is 22.0 Å². The van der Waals surface area contributed by atoms with Gasteiger partial charge < -0.3 is 4.57 Å². The lowest BCUT2D eigenvalue weighted by Crippen LogP contribution is -2.16. The van der Waals surface area contributed by atoms with Crippen LogP contribution in [0.25, 0.3) is 0 Å². The molecule has 0 saturated heterocycles. The fraction of sp³-hybridized carbons (Fsp3) is 0.0667. The Morgan fingerprint density at radius 2 is 1.70 bits per heavy atom. The standard InChI is InChI=1S/C15H15N5O4S3/c1-20-10-17-18-15(20)25-12-7-5-11(6-8-12)19-27(23,24)14-4-2-3-13(9-14)26(16,21)22/h2-10,19H,1H3,(H2,16,21,22). The zero-order valence-electron chi connectivity index (χ0n) is 14.0. The highest BCUT2D eigenvalue weighted by atomic mass is 32.2. The van der Waals surface area contributed by atoms with E-state index in [0.29, 0.717) is 10.8 Å². The minimum absolute atomic E-state index is 0.202. The second-order valence-electron chi connectivity index (χ2n) is 5.48. The van der Waals surface area contributed by atoms with Crippen LogP contribution in [-0.4, -0.2) is 31.6 Å². The Morgan fingerprint density at radius 3 is 2.30 bits per heavy atom. The molecule has 142 valence electrons. The summed E-state index contributed by atoms with van der Waals surface area (Å²) in [6.45, 7) is 0. The minimum Gasteiger partial charge on any atom is -0.311 e. The molecule has 0 atom stereocenters. The molecule has 0 fully saturated rings. The third-order valence-corrected chi connectivity index (χ3v) is 6.78. The Bertz CT molecular complexity index is 1170. The van der Waals surface area contributed by atoms with Gasteiger partial charge in [-0.1, -0.05) is 6.07 Å². The predicted octanol–water partition coefficient (Wildman–Crippen LogP) is 1.41. The Hall–Kier alpha value is -2.41. The minimum atomic E-state index is -4.00. The van der Waals surface area contributed by atoms with Crippen LogP contribution in [-0.2, 0) is 27.1 Å². The van der Waals surface area contributed by atoms with Crippen molar-refractivity contribution in [2.75, 3.05) is 4.72 Å². The average molecular weight is 426 g/mol. The predicted molar refractivity (Wildman–Crippen MR) is 100 cm³/mol. The lowest BCUT2D eigenvalue weighted by Gasteiger charge is -2.09. The van der Waals surface area contributed by atoms with Gasteiger partial charge in [0.2, 0.25) is 10.0 Å². The summed E-state index contributed by atoms with van der Waals surface area (Å²) >= 11 is 1.38. The Morgan fingerprint density at radius 1 is 1.04 bits per heavy atom. The van der Waals surface area contributed by atoms with Crippen molar-refractivity contribution < 1.29 is 16.8 Å². The Kier molecular flexibility index (Phi) is 5.24. The van der Waals surface area contributed by atoms with E-state index >= 15 is 0 Å². The number of nitrogens with zero attached hydrogens (tertiary/aromatic N) is 3. The molecular formula is C15H15N5O4S3. The molecule has 0 radical (unpaired) electrons. The molecule has 1 heterocycles. The maximum atomic E-state index is 12.5. The normalized spacial score (nSPS) is 12.1. The van der Waals surface area contributed by atoms with Crippen molar-refractivity contribution in [2.24, 2.45) is 12.2 Å². The molecular weight excluding hydrogens is 410 g/mol. The lowest BCUT2D eigenvalue weighted by molar-refractivity contribution is 0.597. The highest BCUT2D eigenvalue weighted by molar-refractivity contribution is 7.99. The SMILES string of the molecule is Cn1cnnc1Sc1ccc(NS(=O)(=O)c2cccc(S(N)(=O)=O)c2)cc1. The summed E-state index contributed by atoms with van der Waals surface area (Å²) in [5, 5.41) is 13.5. The fourth-order valence-corrected chi connectivity index (χ4v) is 4.59. The van der Waals surface area contributed by atoms with Crippen molar-refractivity contribution in [3.05, 3.63) is 54.9 Å². The fourth-order valence-electron chi connectivity index (χ4n) is 2.09. The first-order valence-electron chi connectivity index (χ1n) is 7.43. The first kappa shape index (κ1) is 19.4. The molecule has 0 spiro atoms. The number of benzene rings is 2. The molecule has 0 unspecified atom stereocenters. The van der Waals surface area contributed by atoms with Gasteiger partial charge in [0.1, 0.15) is 6.33 Å². The number of anilines is 1. The van der Waals surface area contributed by atoms with Crippen LogP contribution in [0.15, 0.2) is 74.7 Å². The van der Waals surface area contributed by atoms with Gasteiger partial charge >= 0.3 is 0 Å². The molecule has 27 heavy (non-hydrogen) atoms. The molecule has 2 aromatic carbocycles. The van der Waals surface area contributed by atoms with Crippen LogP contribution in [0.3, 0.4) is 0 Å². The summed E-state index contributed by atoms with van der Waals surface area (Å²) < 4.78 is 52.0. The molecule has 0 amide bonds. The Labute approximate surface area is 160 Å². The molecule has 12 heteroatoms. The first-order valence-corrected chi connectivity index (χ1v) is 11.3. The van der Waals surface area contributed by atoms with E-state index in [4.69, 9.17) is 5.14 Å². The summed E-state index contributed by atoms with van der Waals surface area (Å²) in [7, 11) is -6.15. The van der Waals surface area contributed by atoms with Crippen LogP contribution in [0, 0.1) is 0 Å². The molecule has 3 N–H and O–H groups in total. The highest BCUT2D eigenvalue weighted by Crippen LogP contribution is 2.27. The summed E-state index contributed by atoms with van der Waals surface area (Å²) in [5.74, 6) is 0. The van der Waals surface area contributed by atoms with Gasteiger partial charge in [0.05, 0.1) is 9.79 Å². The van der Waals surface area contributed by atoms with Crippen molar-refractivity contribution in [3.8, 4) is 0 Å².